The summed E-state index contributed by atoms with van der Waals surface area (Å²) in [6.07, 6.45) is 5.58. The number of benzene rings is 1. The molecule has 2 unspecified atom stereocenters. The monoisotopic (exact) mass is 574 g/mol. The van der Waals surface area contributed by atoms with Gasteiger partial charge in [-0.15, -0.1) is 0 Å². The third-order valence-electron chi connectivity index (χ3n) is 5.86. The van der Waals surface area contributed by atoms with Gasteiger partial charge in [-0.2, -0.15) is 5.01 Å². The second kappa shape index (κ2) is 9.34. The molecular formula is C23H22ClIN7O+. The van der Waals surface area contributed by atoms with Crippen LogP contribution in [0.4, 0.5) is 17.3 Å². The van der Waals surface area contributed by atoms with Crippen molar-refractivity contribution in [2.24, 2.45) is 5.10 Å². The average Bonchev–Trinajstić information content (AvgIpc) is 3.24. The number of halogens is 2. The number of hydrogen-bond donors (Lipinski definition) is 4. The van der Waals surface area contributed by atoms with E-state index in [1.165, 1.54) is 0 Å². The summed E-state index contributed by atoms with van der Waals surface area (Å²) in [6.45, 7) is 1.90. The first kappa shape index (κ1) is 22.2. The van der Waals surface area contributed by atoms with Gasteiger partial charge in [-0.05, 0) is 59.8 Å². The van der Waals surface area contributed by atoms with Crippen molar-refractivity contribution in [2.45, 2.75) is 18.9 Å². The molecule has 4 heterocycles. The Bertz CT molecular complexity index is 1250. The van der Waals surface area contributed by atoms with Crippen LogP contribution in [-0.2, 0) is 0 Å². The first-order valence-electron chi connectivity index (χ1n) is 10.7. The van der Waals surface area contributed by atoms with Gasteiger partial charge in [0.15, 0.2) is 5.69 Å². The van der Waals surface area contributed by atoms with Gasteiger partial charge in [0, 0.05) is 29.9 Å². The van der Waals surface area contributed by atoms with Crippen LogP contribution in [0, 0.1) is 3.57 Å². The highest BCUT2D eigenvalue weighted by molar-refractivity contribution is 14.1. The molecule has 33 heavy (non-hydrogen) atoms. The molecule has 1 amide bonds. The van der Waals surface area contributed by atoms with Gasteiger partial charge in [-0.3, -0.25) is 4.79 Å². The van der Waals surface area contributed by atoms with E-state index in [9.17, 15) is 4.79 Å². The van der Waals surface area contributed by atoms with Gasteiger partial charge in [0.1, 0.15) is 29.0 Å². The molecule has 0 saturated carbocycles. The largest absolute Gasteiger partial charge is 0.383 e. The molecule has 168 valence electrons. The number of nitrogens with zero attached hydrogens (tertiary/aromatic N) is 3. The highest BCUT2D eigenvalue weighted by Gasteiger charge is 2.40. The molecule has 0 spiro atoms. The Balaban J connectivity index is 1.51. The Morgan fingerprint density at radius 3 is 2.88 bits per heavy atom. The fourth-order valence-corrected chi connectivity index (χ4v) is 5.23. The van der Waals surface area contributed by atoms with Gasteiger partial charge in [0.25, 0.3) is 5.91 Å². The fraction of sp³-hybridized carbons (Fsp3) is 0.217. The number of anilines is 2. The summed E-state index contributed by atoms with van der Waals surface area (Å²) in [6, 6.07) is 10.8. The van der Waals surface area contributed by atoms with E-state index in [-0.39, 0.29) is 5.91 Å². The van der Waals surface area contributed by atoms with Crippen LogP contribution >= 0.6 is 34.2 Å². The molecule has 8 nitrogen and oxygen atoms in total. The molecule has 0 bridgehead atoms. The summed E-state index contributed by atoms with van der Waals surface area (Å²) in [5.41, 5.74) is 10.1. The molecule has 2 atom stereocenters. The number of nitrogens with two attached hydrogens (primary N) is 1. The molecule has 0 aliphatic carbocycles. The normalized spacial score (nSPS) is 19.6. The predicted octanol–water partition coefficient (Wildman–Crippen LogP) is 2.60. The maximum Gasteiger partial charge on any atom is 0.256 e. The molecule has 2 aromatic heterocycles. The van der Waals surface area contributed by atoms with Crippen LogP contribution in [0.3, 0.4) is 0 Å². The van der Waals surface area contributed by atoms with E-state index in [2.05, 4.69) is 43.2 Å². The van der Waals surface area contributed by atoms with Crippen molar-refractivity contribution in [3.63, 3.8) is 0 Å². The second-order valence-electron chi connectivity index (χ2n) is 7.99. The van der Waals surface area contributed by atoms with Gasteiger partial charge in [0.2, 0.25) is 0 Å². The molecular weight excluding hydrogens is 553 g/mol. The van der Waals surface area contributed by atoms with Crippen LogP contribution in [0.5, 0.6) is 0 Å². The molecule has 0 radical (unpaired) electrons. The molecule has 1 aromatic carbocycles. The molecule has 1 fully saturated rings. The summed E-state index contributed by atoms with van der Waals surface area (Å²) in [4.78, 5) is 21.2. The van der Waals surface area contributed by atoms with Crippen LogP contribution in [0.25, 0.3) is 0 Å². The van der Waals surface area contributed by atoms with E-state index in [0.717, 1.165) is 51.3 Å². The number of hydrogen-bond acceptors (Lipinski definition) is 6. The summed E-state index contributed by atoms with van der Waals surface area (Å²) >= 11 is 8.98. The Morgan fingerprint density at radius 1 is 1.27 bits per heavy atom. The fourth-order valence-electron chi connectivity index (χ4n) is 4.27. The number of fused-ring (bicyclic) bond motifs is 1. The molecule has 2 aliphatic rings. The van der Waals surface area contributed by atoms with E-state index in [1.54, 1.807) is 36.7 Å². The smallest absolute Gasteiger partial charge is 0.256 e. The number of rotatable bonds is 4. The number of carbonyl (C=O) groups is 1. The standard InChI is InChI=1S/C23H21ClIN7O/c24-16-10-13(23(33)30-18-5-1-2-9-28-18)6-7-15(16)20-19-21(17(25)12-29-22(19)26)32(31-20)14-4-3-8-27-11-14/h1-2,5-7,9-10,12,14,27H,3-4,8,11H2,(H2,26,29)(H,28,30,33)/p+1. The van der Waals surface area contributed by atoms with Crippen LogP contribution in [0.15, 0.2) is 53.9 Å². The van der Waals surface area contributed by atoms with Gasteiger partial charge >= 0.3 is 0 Å². The molecule has 10 heteroatoms. The summed E-state index contributed by atoms with van der Waals surface area (Å²) in [5, 5.41) is 12.7. The minimum Gasteiger partial charge on any atom is -0.383 e. The van der Waals surface area contributed by atoms with Crippen molar-refractivity contribution in [1.82, 2.24) is 15.3 Å². The summed E-state index contributed by atoms with van der Waals surface area (Å²) in [7, 11) is 0. The third kappa shape index (κ3) is 4.33. The van der Waals surface area contributed by atoms with Crippen molar-refractivity contribution >= 4 is 63.1 Å². The van der Waals surface area contributed by atoms with Crippen LogP contribution in [0.2, 0.25) is 5.02 Å². The maximum atomic E-state index is 12.7. The average molecular weight is 575 g/mol. The summed E-state index contributed by atoms with van der Waals surface area (Å²) < 4.78 is 1.01. The van der Waals surface area contributed by atoms with Gasteiger partial charge in [-0.25, -0.2) is 9.97 Å². The zero-order chi connectivity index (χ0) is 22.9. The lowest BCUT2D eigenvalue weighted by Crippen LogP contribution is -3.07. The lowest BCUT2D eigenvalue weighted by atomic mass is 10.00. The second-order valence-corrected chi connectivity index (χ2v) is 9.56. The van der Waals surface area contributed by atoms with E-state index < -0.39 is 0 Å². The number of amides is 1. The Morgan fingerprint density at radius 2 is 2.15 bits per heavy atom. The number of nitrogen functional groups attached to an aromatic ring is 1. The van der Waals surface area contributed by atoms with Crippen LogP contribution < -0.4 is 21.4 Å². The molecule has 5 rings (SSSR count). The molecule has 1 saturated heterocycles. The zero-order valence-corrected chi connectivity index (χ0v) is 20.5. The minimum absolute atomic E-state index is 0.285. The highest BCUT2D eigenvalue weighted by atomic mass is 127. The number of nitrogens with one attached hydrogen (secondary N) is 3. The quantitative estimate of drug-likeness (QED) is 0.358. The molecule has 5 N–H and O–H groups in total. The Kier molecular flexibility index (Phi) is 6.28. The van der Waals surface area contributed by atoms with Crippen molar-refractivity contribution in [3.8, 4) is 0 Å². The zero-order valence-electron chi connectivity index (χ0n) is 17.6. The lowest BCUT2D eigenvalue weighted by molar-refractivity contribution is -0.865. The number of pyridine rings is 2. The van der Waals surface area contributed by atoms with Crippen LogP contribution in [-0.4, -0.2) is 40.7 Å². The van der Waals surface area contributed by atoms with E-state index >= 15 is 0 Å². The highest BCUT2D eigenvalue weighted by Crippen LogP contribution is 2.32. The minimum atomic E-state index is -0.285. The first-order chi connectivity index (χ1) is 16.0. The maximum absolute atomic E-state index is 12.7. The Labute approximate surface area is 209 Å². The molecule has 3 aromatic rings. The number of quaternary nitrogens is 1. The van der Waals surface area contributed by atoms with Gasteiger partial charge in [-0.1, -0.05) is 28.8 Å². The molecule has 2 aliphatic heterocycles. The van der Waals surface area contributed by atoms with Crippen molar-refractivity contribution < 1.29 is 9.80 Å². The topological polar surface area (TPSA) is 110 Å². The number of carbonyl (C=O) groups excluding carboxylic acids is 1. The summed E-state index contributed by atoms with van der Waals surface area (Å²) in [5.74, 6) is 0.619. The van der Waals surface area contributed by atoms with Gasteiger partial charge < -0.3 is 16.4 Å². The number of aromatic nitrogens is 2. The Hall–Kier alpha value is -2.60. The predicted molar refractivity (Wildman–Crippen MR) is 137 cm³/mol. The van der Waals surface area contributed by atoms with E-state index in [0.29, 0.717) is 34.0 Å². The van der Waals surface area contributed by atoms with Crippen molar-refractivity contribution in [1.29, 1.82) is 0 Å². The third-order valence-corrected chi connectivity index (χ3v) is 6.99. The van der Waals surface area contributed by atoms with Crippen LogP contribution in [0.1, 0.15) is 34.3 Å². The van der Waals surface area contributed by atoms with E-state index in [4.69, 9.17) is 22.4 Å². The number of piperidine rings is 1. The van der Waals surface area contributed by atoms with E-state index in [1.807, 2.05) is 12.1 Å². The lowest BCUT2D eigenvalue weighted by Gasteiger charge is -2.25. The van der Waals surface area contributed by atoms with Crippen molar-refractivity contribution in [3.05, 3.63) is 74.1 Å². The van der Waals surface area contributed by atoms with Gasteiger partial charge in [0.05, 0.1) is 15.1 Å². The SMILES string of the molecule is Nc1ncc(I)c2c1C(c1ccc(C(=O)Nc3ccccn3)cc1Cl)=N[NH+]2C1CCCNC1. The first-order valence-corrected chi connectivity index (χ1v) is 12.1. The van der Waals surface area contributed by atoms with Crippen molar-refractivity contribution in [2.75, 3.05) is 24.1 Å².